The number of hydrogen-bond donors (Lipinski definition) is 3. The second-order valence-electron chi connectivity index (χ2n) is 4.55. The number of phenols is 1. The summed E-state index contributed by atoms with van der Waals surface area (Å²) in [6, 6.07) is 17.0. The van der Waals surface area contributed by atoms with E-state index in [1.54, 1.807) is 18.2 Å². The molecule has 100 valence electrons. The third kappa shape index (κ3) is 4.39. The zero-order valence-electron chi connectivity index (χ0n) is 10.8. The van der Waals surface area contributed by atoms with Crippen LogP contribution in [-0.4, -0.2) is 23.3 Å². The zero-order chi connectivity index (χ0) is 13.5. The number of phenolic OH excluding ortho intramolecular Hbond substituents is 1. The van der Waals surface area contributed by atoms with Crippen LogP contribution in [0.4, 0.5) is 0 Å². The summed E-state index contributed by atoms with van der Waals surface area (Å²) < 4.78 is 0. The summed E-state index contributed by atoms with van der Waals surface area (Å²) in [4.78, 5) is 0. The molecule has 0 aliphatic heterocycles. The molecule has 0 saturated heterocycles. The first-order valence-electron chi connectivity index (χ1n) is 6.47. The van der Waals surface area contributed by atoms with Gasteiger partial charge in [-0.05, 0) is 36.2 Å². The van der Waals surface area contributed by atoms with E-state index >= 15 is 0 Å². The normalized spacial score (nSPS) is 12.3. The fraction of sp³-hybridized carbons (Fsp3) is 0.250. The lowest BCUT2D eigenvalue weighted by Gasteiger charge is -2.12. The van der Waals surface area contributed by atoms with Crippen molar-refractivity contribution < 1.29 is 10.2 Å². The number of hydrogen-bond acceptors (Lipinski definition) is 3. The summed E-state index contributed by atoms with van der Waals surface area (Å²) in [6.07, 6.45) is 0.344. The second kappa shape index (κ2) is 6.92. The predicted octanol–water partition coefficient (Wildman–Crippen LogP) is 2.26. The molecule has 1 atom stereocenters. The maximum Gasteiger partial charge on any atom is 0.115 e. The third-order valence-corrected chi connectivity index (χ3v) is 3.03. The number of nitrogens with one attached hydrogen (secondary N) is 1. The topological polar surface area (TPSA) is 52.5 Å². The minimum atomic E-state index is -0.595. The van der Waals surface area contributed by atoms with Crippen molar-refractivity contribution >= 4 is 0 Å². The van der Waals surface area contributed by atoms with Gasteiger partial charge in [-0.1, -0.05) is 42.5 Å². The summed E-state index contributed by atoms with van der Waals surface area (Å²) in [5, 5.41) is 22.5. The van der Waals surface area contributed by atoms with E-state index in [1.807, 2.05) is 24.3 Å². The van der Waals surface area contributed by atoms with Crippen LogP contribution in [0.1, 0.15) is 17.2 Å². The molecular weight excluding hydrogens is 238 g/mol. The van der Waals surface area contributed by atoms with Gasteiger partial charge in [0.25, 0.3) is 0 Å². The Balaban J connectivity index is 1.74. The van der Waals surface area contributed by atoms with Gasteiger partial charge in [-0.15, -0.1) is 0 Å². The van der Waals surface area contributed by atoms with Crippen molar-refractivity contribution in [2.45, 2.75) is 12.5 Å². The van der Waals surface area contributed by atoms with Gasteiger partial charge in [0.1, 0.15) is 5.75 Å². The first-order chi connectivity index (χ1) is 9.25. The summed E-state index contributed by atoms with van der Waals surface area (Å²) in [7, 11) is 0. The van der Waals surface area contributed by atoms with Crippen molar-refractivity contribution in [1.82, 2.24) is 5.32 Å². The summed E-state index contributed by atoms with van der Waals surface area (Å²) in [5.74, 6) is 0.181. The van der Waals surface area contributed by atoms with Gasteiger partial charge in [0, 0.05) is 6.54 Å². The third-order valence-electron chi connectivity index (χ3n) is 3.03. The molecule has 0 radical (unpaired) electrons. The Morgan fingerprint density at radius 2 is 1.79 bits per heavy atom. The molecule has 0 bridgehead atoms. The van der Waals surface area contributed by atoms with E-state index in [-0.39, 0.29) is 5.75 Å². The zero-order valence-corrected chi connectivity index (χ0v) is 10.8. The number of aliphatic hydroxyl groups is 1. The Hall–Kier alpha value is -1.84. The van der Waals surface area contributed by atoms with Crippen LogP contribution in [-0.2, 0) is 6.42 Å². The lowest BCUT2D eigenvalue weighted by Crippen LogP contribution is -2.23. The first kappa shape index (κ1) is 13.6. The van der Waals surface area contributed by atoms with Crippen LogP contribution in [0.25, 0.3) is 0 Å². The minimum absolute atomic E-state index is 0.181. The molecular formula is C16H19NO2. The number of rotatable bonds is 6. The molecule has 2 aromatic carbocycles. The maximum atomic E-state index is 9.97. The van der Waals surface area contributed by atoms with Gasteiger partial charge < -0.3 is 15.5 Å². The highest BCUT2D eigenvalue weighted by molar-refractivity contribution is 5.28. The summed E-state index contributed by atoms with van der Waals surface area (Å²) in [6.45, 7) is 1.30. The van der Waals surface area contributed by atoms with Crippen LogP contribution in [0.5, 0.6) is 5.75 Å². The van der Waals surface area contributed by atoms with Crippen molar-refractivity contribution in [3.63, 3.8) is 0 Å². The highest BCUT2D eigenvalue weighted by Crippen LogP contribution is 2.17. The van der Waals surface area contributed by atoms with Gasteiger partial charge in [0.15, 0.2) is 0 Å². The lowest BCUT2D eigenvalue weighted by molar-refractivity contribution is 0.175. The van der Waals surface area contributed by atoms with E-state index in [2.05, 4.69) is 17.4 Å². The van der Waals surface area contributed by atoms with Gasteiger partial charge in [0.05, 0.1) is 6.10 Å². The molecule has 3 heteroatoms. The van der Waals surface area contributed by atoms with Crippen LogP contribution in [0, 0.1) is 0 Å². The van der Waals surface area contributed by atoms with Gasteiger partial charge in [0.2, 0.25) is 0 Å². The fourth-order valence-electron chi connectivity index (χ4n) is 1.97. The summed E-state index contributed by atoms with van der Waals surface area (Å²) >= 11 is 0. The van der Waals surface area contributed by atoms with E-state index in [1.165, 1.54) is 5.56 Å². The van der Waals surface area contributed by atoms with E-state index in [4.69, 9.17) is 0 Å². The van der Waals surface area contributed by atoms with Crippen LogP contribution in [0.2, 0.25) is 0 Å². The average Bonchev–Trinajstić information content (AvgIpc) is 2.44. The first-order valence-corrected chi connectivity index (χ1v) is 6.47. The Morgan fingerprint density at radius 1 is 1.00 bits per heavy atom. The summed E-state index contributed by atoms with van der Waals surface area (Å²) in [5.41, 5.74) is 2.01. The van der Waals surface area contributed by atoms with Crippen molar-refractivity contribution in [2.24, 2.45) is 0 Å². The molecule has 0 amide bonds. The van der Waals surface area contributed by atoms with Gasteiger partial charge in [-0.3, -0.25) is 0 Å². The number of aliphatic hydroxyl groups excluding tert-OH is 1. The SMILES string of the molecule is Oc1cccc([C@@H](O)CNCCc2ccccc2)c1. The van der Waals surface area contributed by atoms with Gasteiger partial charge in [-0.25, -0.2) is 0 Å². The standard InChI is InChI=1S/C16H19NO2/c18-15-8-4-7-14(11-15)16(19)12-17-10-9-13-5-2-1-3-6-13/h1-8,11,16-19H,9-10,12H2/t16-/m0/s1. The Kier molecular flexibility index (Phi) is 4.95. The van der Waals surface area contributed by atoms with Crippen molar-refractivity contribution in [2.75, 3.05) is 13.1 Å². The fourth-order valence-corrected chi connectivity index (χ4v) is 1.97. The largest absolute Gasteiger partial charge is 0.508 e. The minimum Gasteiger partial charge on any atom is -0.508 e. The van der Waals surface area contributed by atoms with E-state index in [0.29, 0.717) is 6.54 Å². The molecule has 0 saturated carbocycles. The van der Waals surface area contributed by atoms with Crippen molar-refractivity contribution in [3.05, 3.63) is 65.7 Å². The predicted molar refractivity (Wildman–Crippen MR) is 76.1 cm³/mol. The Morgan fingerprint density at radius 3 is 2.53 bits per heavy atom. The second-order valence-corrected chi connectivity index (χ2v) is 4.55. The number of benzene rings is 2. The van der Waals surface area contributed by atoms with E-state index in [0.717, 1.165) is 18.5 Å². The highest BCUT2D eigenvalue weighted by Gasteiger charge is 2.07. The molecule has 0 fully saturated rings. The maximum absolute atomic E-state index is 9.97. The molecule has 0 heterocycles. The molecule has 0 unspecified atom stereocenters. The molecule has 0 aliphatic carbocycles. The van der Waals surface area contributed by atoms with Crippen LogP contribution in [0.15, 0.2) is 54.6 Å². The van der Waals surface area contributed by atoms with E-state index in [9.17, 15) is 10.2 Å². The smallest absolute Gasteiger partial charge is 0.115 e. The molecule has 2 aromatic rings. The number of aromatic hydroxyl groups is 1. The molecule has 19 heavy (non-hydrogen) atoms. The quantitative estimate of drug-likeness (QED) is 0.696. The molecule has 0 aliphatic rings. The average molecular weight is 257 g/mol. The van der Waals surface area contributed by atoms with Crippen LogP contribution >= 0.6 is 0 Å². The lowest BCUT2D eigenvalue weighted by atomic mass is 10.1. The molecule has 2 rings (SSSR count). The van der Waals surface area contributed by atoms with E-state index < -0.39 is 6.10 Å². The Bertz CT molecular complexity index is 499. The van der Waals surface area contributed by atoms with Gasteiger partial charge in [-0.2, -0.15) is 0 Å². The molecule has 0 spiro atoms. The van der Waals surface area contributed by atoms with Crippen LogP contribution in [0.3, 0.4) is 0 Å². The molecule has 0 aromatic heterocycles. The highest BCUT2D eigenvalue weighted by atomic mass is 16.3. The van der Waals surface area contributed by atoms with Crippen molar-refractivity contribution in [3.8, 4) is 5.75 Å². The van der Waals surface area contributed by atoms with Crippen LogP contribution < -0.4 is 5.32 Å². The molecule has 3 N–H and O–H groups in total. The molecule has 3 nitrogen and oxygen atoms in total. The van der Waals surface area contributed by atoms with Gasteiger partial charge >= 0.3 is 0 Å². The Labute approximate surface area is 113 Å². The van der Waals surface area contributed by atoms with Crippen molar-refractivity contribution in [1.29, 1.82) is 0 Å². The monoisotopic (exact) mass is 257 g/mol.